The van der Waals surface area contributed by atoms with Crippen LogP contribution in [-0.2, 0) is 9.53 Å². The second kappa shape index (κ2) is 8.39. The van der Waals surface area contributed by atoms with Gasteiger partial charge in [-0.3, -0.25) is 0 Å². The van der Waals surface area contributed by atoms with Crippen molar-refractivity contribution in [2.24, 2.45) is 22.7 Å². The van der Waals surface area contributed by atoms with Crippen molar-refractivity contribution in [1.82, 2.24) is 0 Å². The Balaban J connectivity index is 1.67. The van der Waals surface area contributed by atoms with E-state index in [1.807, 2.05) is 0 Å². The molecule has 2 N–H and O–H groups in total. The van der Waals surface area contributed by atoms with Gasteiger partial charge in [0.1, 0.15) is 6.61 Å². The third-order valence-electron chi connectivity index (χ3n) is 8.45. The highest BCUT2D eigenvalue weighted by molar-refractivity contribution is 5.85. The summed E-state index contributed by atoms with van der Waals surface area (Å²) in [5.74, 6) is 0.450. The summed E-state index contributed by atoms with van der Waals surface area (Å²) in [6, 6.07) is 0. The van der Waals surface area contributed by atoms with Crippen LogP contribution in [0.1, 0.15) is 72.6 Å². The van der Waals surface area contributed by atoms with Crippen molar-refractivity contribution in [2.75, 3.05) is 6.61 Å². The average molecular weight is 403 g/mol. The summed E-state index contributed by atoms with van der Waals surface area (Å²) in [7, 11) is 0. The van der Waals surface area contributed by atoms with Crippen LogP contribution in [-0.4, -0.2) is 35.0 Å². The largest absolute Gasteiger partial charge is 0.458 e. The van der Waals surface area contributed by atoms with Gasteiger partial charge in [-0.05, 0) is 74.5 Å². The molecule has 3 rings (SSSR count). The van der Waals surface area contributed by atoms with Gasteiger partial charge in [-0.1, -0.05) is 44.6 Å². The number of hydrogen-bond acceptors (Lipinski definition) is 4. The summed E-state index contributed by atoms with van der Waals surface area (Å²) in [5.41, 5.74) is 3.33. The summed E-state index contributed by atoms with van der Waals surface area (Å²) in [6.45, 7) is 13.6. The van der Waals surface area contributed by atoms with Crippen molar-refractivity contribution in [1.29, 1.82) is 0 Å². The molecule has 2 saturated carbocycles. The molecule has 162 valence electrons. The van der Waals surface area contributed by atoms with E-state index in [1.54, 1.807) is 0 Å². The monoisotopic (exact) mass is 402 g/mol. The fourth-order valence-electron chi connectivity index (χ4n) is 6.10. The number of aliphatic hydroxyl groups is 2. The molecule has 0 amide bonds. The minimum Gasteiger partial charge on any atom is -0.458 e. The molecular formula is C25H38O4. The highest BCUT2D eigenvalue weighted by Gasteiger charge is 2.56. The van der Waals surface area contributed by atoms with E-state index in [0.717, 1.165) is 25.7 Å². The molecule has 0 saturated heterocycles. The molecule has 3 aliphatic rings. The number of esters is 1. The maximum atomic E-state index is 11.2. The Morgan fingerprint density at radius 1 is 1.45 bits per heavy atom. The molecule has 0 aromatic carbocycles. The lowest BCUT2D eigenvalue weighted by molar-refractivity contribution is -0.135. The van der Waals surface area contributed by atoms with Crippen LogP contribution in [0, 0.1) is 22.7 Å². The van der Waals surface area contributed by atoms with Gasteiger partial charge < -0.3 is 14.9 Å². The van der Waals surface area contributed by atoms with Crippen LogP contribution in [0.15, 0.2) is 35.5 Å². The third-order valence-corrected chi connectivity index (χ3v) is 8.45. The van der Waals surface area contributed by atoms with Crippen LogP contribution in [0.4, 0.5) is 0 Å². The van der Waals surface area contributed by atoms with Gasteiger partial charge >= 0.3 is 5.97 Å². The van der Waals surface area contributed by atoms with Crippen molar-refractivity contribution in [2.45, 2.75) is 84.8 Å². The van der Waals surface area contributed by atoms with Crippen LogP contribution >= 0.6 is 0 Å². The van der Waals surface area contributed by atoms with E-state index in [-0.39, 0.29) is 35.4 Å². The number of aliphatic hydroxyl groups excluding tert-OH is 2. The normalized spacial score (nSPS) is 39.0. The number of carbonyl (C=O) groups excluding carboxylic acids is 1. The summed E-state index contributed by atoms with van der Waals surface area (Å²) < 4.78 is 4.88. The molecule has 0 aromatic rings. The van der Waals surface area contributed by atoms with Gasteiger partial charge in [-0.15, -0.1) is 0 Å². The minimum atomic E-state index is -0.660. The molecule has 29 heavy (non-hydrogen) atoms. The highest BCUT2D eigenvalue weighted by atomic mass is 16.5. The van der Waals surface area contributed by atoms with Gasteiger partial charge in [0.25, 0.3) is 0 Å². The predicted octanol–water partition coefficient (Wildman–Crippen LogP) is 4.72. The van der Waals surface area contributed by atoms with E-state index in [9.17, 15) is 15.0 Å². The molecule has 2 aliphatic carbocycles. The molecule has 6 atom stereocenters. The van der Waals surface area contributed by atoms with Crippen LogP contribution in [0.3, 0.4) is 0 Å². The molecule has 0 spiro atoms. The van der Waals surface area contributed by atoms with Crippen molar-refractivity contribution in [3.63, 3.8) is 0 Å². The number of carbonyl (C=O) groups is 1. The van der Waals surface area contributed by atoms with Gasteiger partial charge in [-0.2, -0.15) is 0 Å². The van der Waals surface area contributed by atoms with Gasteiger partial charge in [0.15, 0.2) is 0 Å². The van der Waals surface area contributed by atoms with Crippen LogP contribution < -0.4 is 0 Å². The maximum absolute atomic E-state index is 11.2. The molecule has 0 unspecified atom stereocenters. The summed E-state index contributed by atoms with van der Waals surface area (Å²) in [6.07, 6.45) is 9.36. The van der Waals surface area contributed by atoms with Crippen molar-refractivity contribution < 1.29 is 19.7 Å². The summed E-state index contributed by atoms with van der Waals surface area (Å²) in [4.78, 5) is 11.2. The van der Waals surface area contributed by atoms with E-state index in [4.69, 9.17) is 4.74 Å². The topological polar surface area (TPSA) is 66.8 Å². The quantitative estimate of drug-likeness (QED) is 0.498. The van der Waals surface area contributed by atoms with E-state index in [2.05, 4.69) is 40.3 Å². The fourth-order valence-corrected chi connectivity index (χ4v) is 6.10. The van der Waals surface area contributed by atoms with E-state index in [0.29, 0.717) is 17.9 Å². The fraction of sp³-hybridized carbons (Fsp3) is 0.720. The maximum Gasteiger partial charge on any atom is 0.331 e. The lowest BCUT2D eigenvalue weighted by Crippen LogP contribution is -2.55. The molecule has 2 fully saturated rings. The molecule has 0 radical (unpaired) electrons. The molecule has 4 nitrogen and oxygen atoms in total. The number of hydrogen-bond donors (Lipinski definition) is 2. The SMILES string of the molecule is C=C1CCC[C@H]2[C@](C)(CC/C(C)=C/C[C@H](O)C3=CC(=O)OC3)[C@@H](C)[C@H](O)C[C@]12C. The van der Waals surface area contributed by atoms with E-state index in [1.165, 1.54) is 30.1 Å². The Labute approximate surface area is 175 Å². The van der Waals surface area contributed by atoms with Gasteiger partial charge in [0, 0.05) is 11.6 Å². The first-order chi connectivity index (χ1) is 13.6. The second-order valence-corrected chi connectivity index (χ2v) is 10.2. The Hall–Kier alpha value is -1.39. The number of ether oxygens (including phenoxy) is 1. The predicted molar refractivity (Wildman–Crippen MR) is 115 cm³/mol. The van der Waals surface area contributed by atoms with Crippen molar-refractivity contribution in [3.8, 4) is 0 Å². The highest BCUT2D eigenvalue weighted by Crippen LogP contribution is 2.62. The van der Waals surface area contributed by atoms with E-state index < -0.39 is 6.10 Å². The van der Waals surface area contributed by atoms with Crippen LogP contribution in [0.25, 0.3) is 0 Å². The van der Waals surface area contributed by atoms with Crippen LogP contribution in [0.2, 0.25) is 0 Å². The Morgan fingerprint density at radius 3 is 2.83 bits per heavy atom. The van der Waals surface area contributed by atoms with Gasteiger partial charge in [0.05, 0.1) is 12.2 Å². The lowest BCUT2D eigenvalue weighted by Gasteiger charge is -2.60. The minimum absolute atomic E-state index is 0.0359. The number of allylic oxidation sites excluding steroid dienone is 2. The summed E-state index contributed by atoms with van der Waals surface area (Å²) in [5, 5.41) is 21.2. The third kappa shape index (κ3) is 4.25. The zero-order valence-corrected chi connectivity index (χ0v) is 18.5. The second-order valence-electron chi connectivity index (χ2n) is 10.2. The molecule has 0 aromatic heterocycles. The zero-order valence-electron chi connectivity index (χ0n) is 18.5. The van der Waals surface area contributed by atoms with Gasteiger partial charge in [-0.25, -0.2) is 4.79 Å². The Kier molecular flexibility index (Phi) is 6.45. The number of fused-ring (bicyclic) bond motifs is 1. The molecule has 0 bridgehead atoms. The zero-order chi connectivity index (χ0) is 21.4. The average Bonchev–Trinajstić information content (AvgIpc) is 3.11. The first-order valence-corrected chi connectivity index (χ1v) is 11.1. The summed E-state index contributed by atoms with van der Waals surface area (Å²) >= 11 is 0. The van der Waals surface area contributed by atoms with Gasteiger partial charge in [0.2, 0.25) is 0 Å². The smallest absolute Gasteiger partial charge is 0.331 e. The van der Waals surface area contributed by atoms with E-state index >= 15 is 0 Å². The van der Waals surface area contributed by atoms with Crippen LogP contribution in [0.5, 0.6) is 0 Å². The molecule has 4 heteroatoms. The molecular weight excluding hydrogens is 364 g/mol. The van der Waals surface area contributed by atoms with Crippen molar-refractivity contribution >= 4 is 5.97 Å². The number of cyclic esters (lactones) is 1. The first-order valence-electron chi connectivity index (χ1n) is 11.1. The molecule has 1 aliphatic heterocycles. The Bertz CT molecular complexity index is 720. The molecule has 1 heterocycles. The first kappa shape index (κ1) is 22.3. The Morgan fingerprint density at radius 2 is 2.17 bits per heavy atom. The lowest BCUT2D eigenvalue weighted by atomic mass is 9.45. The number of rotatable bonds is 6. The van der Waals surface area contributed by atoms with Crippen molar-refractivity contribution in [3.05, 3.63) is 35.5 Å². The standard InChI is InChI=1S/C25H38O4/c1-16(9-10-20(26)19-13-23(28)29-15-19)11-12-24(4)18(3)21(27)14-25(5)17(2)7-6-8-22(24)25/h9,13,18,20-22,26-27H,2,6-8,10-12,14-15H2,1,3-5H3/b16-9+/t18-,20-,21+,22-,24+,25+/m0/s1.